The molecule has 720 valence electrons. The summed E-state index contributed by atoms with van der Waals surface area (Å²) in [7, 11) is 0.125. The largest absolute Gasteiger partial charge is 0.493 e. The fourth-order valence-corrected chi connectivity index (χ4v) is 15.8. The van der Waals surface area contributed by atoms with Crippen LogP contribution in [0.15, 0.2) is 79.0 Å². The van der Waals surface area contributed by atoms with E-state index < -0.39 is 110 Å². The van der Waals surface area contributed by atoms with Crippen LogP contribution in [0, 0.1) is 5.92 Å². The van der Waals surface area contributed by atoms with Gasteiger partial charge in [-0.3, -0.25) is 43.3 Å². The molecule has 3 aromatic carbocycles. The number of amides is 10. The zero-order valence-corrected chi connectivity index (χ0v) is 79.6. The van der Waals surface area contributed by atoms with Gasteiger partial charge in [-0.25, -0.2) is 19.4 Å². The summed E-state index contributed by atoms with van der Waals surface area (Å²) in [6, 6.07) is 10.2. The summed E-state index contributed by atoms with van der Waals surface area (Å²) in [6.07, 6.45) is 4.69. The van der Waals surface area contributed by atoms with Crippen molar-refractivity contribution in [2.75, 3.05) is 175 Å². The van der Waals surface area contributed by atoms with Gasteiger partial charge in [0.2, 0.25) is 23.6 Å². The minimum absolute atomic E-state index is 0.0187. The number of methoxy groups -OCH3 is 2. The molecule has 3 aromatic rings. The summed E-state index contributed by atoms with van der Waals surface area (Å²) in [6.45, 7) is 37.3. The fraction of sp³-hybridized carbons (Fsp3) is 0.634. The van der Waals surface area contributed by atoms with Gasteiger partial charge < -0.3 is 111 Å². The highest BCUT2D eigenvalue weighted by Gasteiger charge is 2.53. The van der Waals surface area contributed by atoms with Crippen molar-refractivity contribution in [1.82, 2.24) is 30.7 Å². The molecule has 2 fully saturated rings. The number of imide groups is 1. The number of fused-ring (bicyclic) bond motifs is 4. The first-order valence-corrected chi connectivity index (χ1v) is 47.9. The van der Waals surface area contributed by atoms with Crippen LogP contribution in [0.1, 0.15) is 174 Å². The Hall–Kier alpha value is -9.64. The van der Waals surface area contributed by atoms with E-state index in [-0.39, 0.29) is 128 Å². The van der Waals surface area contributed by atoms with Crippen molar-refractivity contribution < 1.29 is 128 Å². The Kier molecular flexibility index (Phi) is 39.8. The molecule has 6 aliphatic rings. The topological polar surface area (TPSA) is 392 Å². The van der Waals surface area contributed by atoms with Crippen LogP contribution in [0.5, 0.6) is 23.0 Å². The molecule has 0 radical (unpaired) electrons. The van der Waals surface area contributed by atoms with Crippen molar-refractivity contribution >= 4 is 90.4 Å². The highest BCUT2D eigenvalue weighted by molar-refractivity contribution is 6.74. The molecule has 37 heteroatoms. The van der Waals surface area contributed by atoms with Crippen molar-refractivity contribution in [2.24, 2.45) is 5.92 Å². The van der Waals surface area contributed by atoms with Crippen LogP contribution in [0.2, 0.25) is 18.1 Å². The second-order valence-corrected chi connectivity index (χ2v) is 40.9. The van der Waals surface area contributed by atoms with Crippen molar-refractivity contribution in [3.05, 3.63) is 95.7 Å². The van der Waals surface area contributed by atoms with Gasteiger partial charge in [0.05, 0.1) is 168 Å². The summed E-state index contributed by atoms with van der Waals surface area (Å²) in [5, 5.41) is 10.7. The smallest absolute Gasteiger partial charge is 0.417 e. The number of hydrogen-bond acceptors (Lipinski definition) is 27. The number of benzene rings is 3. The zero-order chi connectivity index (χ0) is 94.5. The lowest BCUT2D eigenvalue weighted by Crippen LogP contribution is -2.58. The van der Waals surface area contributed by atoms with Gasteiger partial charge in [0.15, 0.2) is 50.1 Å². The fourth-order valence-electron chi connectivity index (χ4n) is 14.6. The lowest BCUT2D eigenvalue weighted by atomic mass is 10.0. The van der Waals surface area contributed by atoms with E-state index in [0.29, 0.717) is 143 Å². The van der Waals surface area contributed by atoms with Crippen molar-refractivity contribution in [1.29, 1.82) is 0 Å². The number of carbonyl (C=O) groups is 10. The number of nitrogens with zero attached hydrogens (tertiary/aromatic N) is 5. The number of nitrogens with one attached hydrogen (secondary N) is 4. The Morgan fingerprint density at radius 2 is 1.05 bits per heavy atom. The molecule has 6 heterocycles. The molecule has 4 N–H and O–H groups in total. The third-order valence-electron chi connectivity index (χ3n) is 22.4. The average molecular weight is 1840 g/mol. The molecule has 1 unspecified atom stereocenters. The van der Waals surface area contributed by atoms with Gasteiger partial charge in [0.25, 0.3) is 23.6 Å². The standard InChI is InChI=1S/C93H137N9O27Si/c1-61(2)82(97-78(104)31-37-115-39-41-117-43-45-119-47-49-121-51-52-122-50-48-120-46-44-118-42-40-116-38-32-94-77(103)30-33-98-79(105)28-29-80(98)106)84(108)95-63(4)83(107)96-66-26-24-64(25-27-66)65-54-72-88(129-130(16,17)93(11,12)13)102(90(112)128-92(8,9)10)70-58-76(74(114-15)56-68(70)86(110)100(72)60-65)124-35-21-18-20-34-123-75-57-69-67(55-73(75)113-14)85(109)99-59-62(3)53-71(99)87(126-81-23-19-22-36-125-81)101(69)89(111)127-91(5,6)7/h24-29,55-58,60-61,63,71-72,81-82,87-88H,3,18-23,30-54,59H2,1-2,4-17H3,(H,94,103)(H,95,108)(H,96,107)(H,97,104)/t63-,71-,72-,81?,82-,87-,88-/m0/s1. The molecule has 0 aliphatic carbocycles. The Balaban J connectivity index is 0.703. The van der Waals surface area contributed by atoms with Crippen molar-refractivity contribution in [2.45, 2.75) is 220 Å². The minimum Gasteiger partial charge on any atom is -0.493 e. The normalized spacial score (nSPS) is 18.7. The third-order valence-corrected chi connectivity index (χ3v) is 26.8. The first-order valence-electron chi connectivity index (χ1n) is 45.0. The summed E-state index contributed by atoms with van der Waals surface area (Å²) in [5.74, 6) is -2.57. The maximum absolute atomic E-state index is 15.5. The van der Waals surface area contributed by atoms with Crippen LogP contribution in [0.4, 0.5) is 26.7 Å². The molecule has 130 heavy (non-hydrogen) atoms. The predicted octanol–water partition coefficient (Wildman–Crippen LogP) is 10.6. The van der Waals surface area contributed by atoms with E-state index in [1.54, 1.807) is 115 Å². The molecule has 10 amide bonds. The summed E-state index contributed by atoms with van der Waals surface area (Å²) in [4.78, 5) is 143. The highest BCUT2D eigenvalue weighted by Crippen LogP contribution is 2.49. The quantitative estimate of drug-likeness (QED) is 0.0176. The predicted molar refractivity (Wildman–Crippen MR) is 484 cm³/mol. The second-order valence-electron chi connectivity index (χ2n) is 36.2. The number of unbranched alkanes of at least 4 members (excludes halogenated alkanes) is 2. The van der Waals surface area contributed by atoms with E-state index in [9.17, 15) is 38.4 Å². The van der Waals surface area contributed by atoms with E-state index in [1.165, 1.54) is 36.2 Å². The summed E-state index contributed by atoms with van der Waals surface area (Å²) in [5.41, 5.74) is 1.63. The molecule has 9 rings (SSSR count). The number of anilines is 3. The number of carbonyl (C=O) groups excluding carboxylic acids is 10. The molecule has 0 saturated carbocycles. The Morgan fingerprint density at radius 3 is 1.54 bits per heavy atom. The zero-order valence-electron chi connectivity index (χ0n) is 78.6. The lowest BCUT2D eigenvalue weighted by molar-refractivity contribution is -0.195. The monoisotopic (exact) mass is 1840 g/mol. The maximum atomic E-state index is 15.5. The summed E-state index contributed by atoms with van der Waals surface area (Å²) < 4.78 is 101. The third kappa shape index (κ3) is 30.7. The van der Waals surface area contributed by atoms with Gasteiger partial charge in [-0.15, -0.1) is 0 Å². The first-order chi connectivity index (χ1) is 61.9. The number of rotatable bonds is 51. The number of ether oxygens (including phenoxy) is 16. The number of hydrogen-bond donors (Lipinski definition) is 4. The Morgan fingerprint density at radius 1 is 0.554 bits per heavy atom. The Labute approximate surface area is 764 Å². The molecule has 0 bridgehead atoms. The van der Waals surface area contributed by atoms with Crippen LogP contribution < -0.4 is 50.0 Å². The maximum Gasteiger partial charge on any atom is 0.417 e. The SMILES string of the molecule is C=C1C[C@H]2[C@H](OC3CCCCO3)N(C(=O)OC(C)(C)C)c3cc(OCCCCCOc4cc5c(cc4OC)C(=O)N4C=C(c6ccc(NC(=O)[C@H](C)NC(=O)[C@@H](NC(=O)CCOCCOCCOCCOCCOCCOCCOCCOCCNC(=O)CCN7C(=O)C=CC7=O)C(C)C)cc6)C[C@H]4[C@H](O[Si](C)(C)C(C)(C)C)N5C(=O)OC(C)(C)C)c(OC)cc3C(=O)N2C1. The van der Waals surface area contributed by atoms with E-state index in [1.807, 2.05) is 12.1 Å². The van der Waals surface area contributed by atoms with Crippen LogP contribution >= 0.6 is 0 Å². The van der Waals surface area contributed by atoms with Crippen molar-refractivity contribution in [3.8, 4) is 23.0 Å². The van der Waals surface area contributed by atoms with Crippen molar-refractivity contribution in [3.63, 3.8) is 0 Å². The average Bonchev–Trinajstić information content (AvgIpc) is 1.58. The van der Waals surface area contributed by atoms with Gasteiger partial charge in [0.1, 0.15) is 23.3 Å². The molecule has 36 nitrogen and oxygen atoms in total. The molecular weight excluding hydrogens is 1700 g/mol. The van der Waals surface area contributed by atoms with Crippen LogP contribution in [-0.2, 0) is 90.0 Å². The second kappa shape index (κ2) is 49.7. The molecule has 7 atom stereocenters. The van der Waals surface area contributed by atoms with E-state index in [0.717, 1.165) is 34.5 Å². The van der Waals surface area contributed by atoms with Gasteiger partial charge in [0, 0.05) is 75.3 Å². The van der Waals surface area contributed by atoms with Gasteiger partial charge in [-0.05, 0) is 159 Å². The molecule has 0 aromatic heterocycles. The first kappa shape index (κ1) is 104. The molecule has 0 spiro atoms. The Bertz CT molecular complexity index is 4370. The van der Waals surface area contributed by atoms with Crippen LogP contribution in [0.3, 0.4) is 0 Å². The van der Waals surface area contributed by atoms with E-state index in [4.69, 9.17) is 80.2 Å². The lowest BCUT2D eigenvalue weighted by Gasteiger charge is -2.44. The summed E-state index contributed by atoms with van der Waals surface area (Å²) >= 11 is 0. The van der Waals surface area contributed by atoms with Gasteiger partial charge in [-0.1, -0.05) is 58.9 Å². The van der Waals surface area contributed by atoms with Crippen LogP contribution in [-0.4, -0.2) is 296 Å². The van der Waals surface area contributed by atoms with Crippen LogP contribution in [0.25, 0.3) is 5.57 Å². The molecular formula is C93H137N9O27Si. The van der Waals surface area contributed by atoms with E-state index in [2.05, 4.69) is 61.7 Å². The molecule has 6 aliphatic heterocycles. The molecule has 2 saturated heterocycles. The van der Waals surface area contributed by atoms with E-state index >= 15 is 9.59 Å². The highest BCUT2D eigenvalue weighted by atomic mass is 28.4. The minimum atomic E-state index is -2.84. The van der Waals surface area contributed by atoms with Gasteiger partial charge in [-0.2, -0.15) is 0 Å². The van der Waals surface area contributed by atoms with Gasteiger partial charge >= 0.3 is 12.2 Å².